The molecule has 1 saturated heterocycles. The number of hydrogen-bond acceptors (Lipinski definition) is 3. The molecule has 1 aliphatic heterocycles. The van der Waals surface area contributed by atoms with Crippen molar-refractivity contribution >= 4 is 0 Å². The van der Waals surface area contributed by atoms with E-state index in [1.807, 2.05) is 30.5 Å². The van der Waals surface area contributed by atoms with Crippen LogP contribution in [0.25, 0.3) is 11.1 Å². The van der Waals surface area contributed by atoms with E-state index >= 15 is 0 Å². The van der Waals surface area contributed by atoms with Crippen LogP contribution in [0.4, 0.5) is 0 Å². The van der Waals surface area contributed by atoms with Gasteiger partial charge in [0.05, 0.1) is 23.9 Å². The zero-order valence-corrected chi connectivity index (χ0v) is 10.7. The van der Waals surface area contributed by atoms with Crippen LogP contribution < -0.4 is 5.32 Å². The fraction of sp³-hybridized carbons (Fsp3) is 0.333. The summed E-state index contributed by atoms with van der Waals surface area (Å²) in [6, 6.07) is 10.3. The summed E-state index contributed by atoms with van der Waals surface area (Å²) in [5.74, 6) is 0. The van der Waals surface area contributed by atoms with E-state index in [4.69, 9.17) is 5.26 Å². The average Bonchev–Trinajstić information content (AvgIpc) is 2.98. The van der Waals surface area contributed by atoms with E-state index < -0.39 is 0 Å². The molecule has 0 saturated carbocycles. The summed E-state index contributed by atoms with van der Waals surface area (Å²) in [6.07, 6.45) is 6.28. The molecule has 0 bridgehead atoms. The molecule has 1 aromatic carbocycles. The van der Waals surface area contributed by atoms with Gasteiger partial charge in [0.25, 0.3) is 0 Å². The Morgan fingerprint density at radius 1 is 1.16 bits per heavy atom. The monoisotopic (exact) mass is 252 g/mol. The second kappa shape index (κ2) is 5.25. The zero-order chi connectivity index (χ0) is 13.1. The summed E-state index contributed by atoms with van der Waals surface area (Å²) in [5, 5.41) is 16.6. The molecule has 2 heterocycles. The normalized spacial score (nSPS) is 16.2. The largest absolute Gasteiger partial charge is 0.317 e. The lowest BCUT2D eigenvalue weighted by Crippen LogP contribution is -2.29. The predicted molar refractivity (Wildman–Crippen MR) is 73.5 cm³/mol. The minimum atomic E-state index is 0.508. The van der Waals surface area contributed by atoms with Crippen LogP contribution >= 0.6 is 0 Å². The number of nitrogens with zero attached hydrogens (tertiary/aromatic N) is 3. The van der Waals surface area contributed by atoms with Crippen molar-refractivity contribution in [2.24, 2.45) is 0 Å². The first-order valence-corrected chi connectivity index (χ1v) is 6.62. The van der Waals surface area contributed by atoms with Crippen LogP contribution in [-0.4, -0.2) is 22.9 Å². The Hall–Kier alpha value is -2.12. The molecule has 0 spiro atoms. The number of rotatable bonds is 2. The highest BCUT2D eigenvalue weighted by Gasteiger charge is 2.15. The second-order valence-electron chi connectivity index (χ2n) is 4.88. The van der Waals surface area contributed by atoms with E-state index in [2.05, 4.69) is 27.4 Å². The lowest BCUT2D eigenvalue weighted by atomic mass is 10.1. The van der Waals surface area contributed by atoms with Gasteiger partial charge in [0.1, 0.15) is 0 Å². The van der Waals surface area contributed by atoms with Crippen molar-refractivity contribution in [1.82, 2.24) is 15.1 Å². The van der Waals surface area contributed by atoms with Gasteiger partial charge in [0.15, 0.2) is 0 Å². The molecule has 0 aliphatic carbocycles. The fourth-order valence-electron chi connectivity index (χ4n) is 2.50. The highest BCUT2D eigenvalue weighted by molar-refractivity contribution is 5.62. The summed E-state index contributed by atoms with van der Waals surface area (Å²) in [4.78, 5) is 0. The molecular formula is C15H16N4. The first-order valence-electron chi connectivity index (χ1n) is 6.62. The predicted octanol–water partition coefficient (Wildman–Crippen LogP) is 2.35. The smallest absolute Gasteiger partial charge is 0.0991 e. The maximum atomic E-state index is 8.80. The molecule has 2 aromatic rings. The van der Waals surface area contributed by atoms with Gasteiger partial charge >= 0.3 is 0 Å². The van der Waals surface area contributed by atoms with E-state index in [1.165, 1.54) is 0 Å². The lowest BCUT2D eigenvalue weighted by Gasteiger charge is -2.22. The molecule has 0 radical (unpaired) electrons. The Balaban J connectivity index is 1.81. The highest BCUT2D eigenvalue weighted by Crippen LogP contribution is 2.23. The maximum absolute atomic E-state index is 8.80. The van der Waals surface area contributed by atoms with Crippen molar-refractivity contribution in [2.45, 2.75) is 18.9 Å². The van der Waals surface area contributed by atoms with E-state index in [-0.39, 0.29) is 0 Å². The Bertz CT molecular complexity index is 585. The Morgan fingerprint density at radius 2 is 1.89 bits per heavy atom. The Labute approximate surface area is 112 Å². The van der Waals surface area contributed by atoms with E-state index in [9.17, 15) is 0 Å². The van der Waals surface area contributed by atoms with Crippen LogP contribution in [0.5, 0.6) is 0 Å². The first kappa shape index (κ1) is 11.9. The SMILES string of the molecule is N#Cc1ccc(-c2cnn(C3CCNCC3)c2)cc1. The van der Waals surface area contributed by atoms with Crippen molar-refractivity contribution in [2.75, 3.05) is 13.1 Å². The van der Waals surface area contributed by atoms with E-state index in [0.29, 0.717) is 11.6 Å². The van der Waals surface area contributed by atoms with Gasteiger partial charge in [0, 0.05) is 11.8 Å². The van der Waals surface area contributed by atoms with Gasteiger partial charge in [-0.25, -0.2) is 0 Å². The van der Waals surface area contributed by atoms with Crippen molar-refractivity contribution in [3.63, 3.8) is 0 Å². The fourth-order valence-corrected chi connectivity index (χ4v) is 2.50. The van der Waals surface area contributed by atoms with E-state index in [0.717, 1.165) is 37.1 Å². The molecule has 19 heavy (non-hydrogen) atoms. The van der Waals surface area contributed by atoms with Crippen LogP contribution in [0.3, 0.4) is 0 Å². The Morgan fingerprint density at radius 3 is 2.58 bits per heavy atom. The summed E-state index contributed by atoms with van der Waals surface area (Å²) in [6.45, 7) is 2.13. The van der Waals surface area contributed by atoms with Crippen LogP contribution in [0.2, 0.25) is 0 Å². The first-order chi connectivity index (χ1) is 9.36. The average molecular weight is 252 g/mol. The third-order valence-corrected chi connectivity index (χ3v) is 3.63. The van der Waals surface area contributed by atoms with Gasteiger partial charge < -0.3 is 5.32 Å². The van der Waals surface area contributed by atoms with Crippen LogP contribution in [-0.2, 0) is 0 Å². The summed E-state index contributed by atoms with van der Waals surface area (Å²) >= 11 is 0. The quantitative estimate of drug-likeness (QED) is 0.892. The molecule has 0 atom stereocenters. The number of nitriles is 1. The van der Waals surface area contributed by atoms with E-state index in [1.54, 1.807) is 0 Å². The number of benzene rings is 1. The van der Waals surface area contributed by atoms with Crippen LogP contribution in [0.1, 0.15) is 24.4 Å². The topological polar surface area (TPSA) is 53.6 Å². The molecule has 0 amide bonds. The molecule has 1 N–H and O–H groups in total. The van der Waals surface area contributed by atoms with Crippen molar-refractivity contribution < 1.29 is 0 Å². The number of nitrogens with one attached hydrogen (secondary N) is 1. The minimum absolute atomic E-state index is 0.508. The van der Waals surface area contributed by atoms with Gasteiger partial charge in [-0.1, -0.05) is 12.1 Å². The third-order valence-electron chi connectivity index (χ3n) is 3.63. The van der Waals surface area contributed by atoms with Gasteiger partial charge in [0.2, 0.25) is 0 Å². The standard InChI is InChI=1S/C15H16N4/c16-9-12-1-3-13(4-2-12)14-10-18-19(11-14)15-5-7-17-8-6-15/h1-4,10-11,15,17H,5-8H2. The number of piperidine rings is 1. The summed E-state index contributed by atoms with van der Waals surface area (Å²) in [7, 11) is 0. The second-order valence-corrected chi connectivity index (χ2v) is 4.88. The van der Waals surface area contributed by atoms with Crippen LogP contribution in [0.15, 0.2) is 36.7 Å². The molecule has 0 unspecified atom stereocenters. The van der Waals surface area contributed by atoms with Gasteiger partial charge in [-0.3, -0.25) is 4.68 Å². The highest BCUT2D eigenvalue weighted by atomic mass is 15.3. The third kappa shape index (κ3) is 2.51. The summed E-state index contributed by atoms with van der Waals surface area (Å²) in [5.41, 5.74) is 2.91. The van der Waals surface area contributed by atoms with Gasteiger partial charge in [-0.2, -0.15) is 10.4 Å². The van der Waals surface area contributed by atoms with Crippen molar-refractivity contribution in [1.29, 1.82) is 5.26 Å². The van der Waals surface area contributed by atoms with Crippen molar-refractivity contribution in [3.8, 4) is 17.2 Å². The van der Waals surface area contributed by atoms with Crippen LogP contribution in [0, 0.1) is 11.3 Å². The maximum Gasteiger partial charge on any atom is 0.0991 e. The molecule has 4 heteroatoms. The molecular weight excluding hydrogens is 236 g/mol. The molecule has 1 aliphatic rings. The van der Waals surface area contributed by atoms with Crippen molar-refractivity contribution in [3.05, 3.63) is 42.2 Å². The molecule has 1 fully saturated rings. The van der Waals surface area contributed by atoms with Gasteiger partial charge in [-0.15, -0.1) is 0 Å². The Kier molecular flexibility index (Phi) is 3.30. The molecule has 96 valence electrons. The van der Waals surface area contributed by atoms with Gasteiger partial charge in [-0.05, 0) is 43.6 Å². The zero-order valence-electron chi connectivity index (χ0n) is 10.7. The number of aromatic nitrogens is 2. The molecule has 1 aromatic heterocycles. The summed E-state index contributed by atoms with van der Waals surface area (Å²) < 4.78 is 2.08. The number of hydrogen-bond donors (Lipinski definition) is 1. The minimum Gasteiger partial charge on any atom is -0.317 e. The lowest BCUT2D eigenvalue weighted by molar-refractivity contribution is 0.343. The molecule has 3 rings (SSSR count). The molecule has 4 nitrogen and oxygen atoms in total.